The van der Waals surface area contributed by atoms with Crippen LogP contribution < -0.4 is 15.0 Å². The molecule has 1 atom stereocenters. The molecule has 164 valence electrons. The van der Waals surface area contributed by atoms with E-state index in [2.05, 4.69) is 14.7 Å². The Bertz CT molecular complexity index is 1250. The Hall–Kier alpha value is -3.04. The summed E-state index contributed by atoms with van der Waals surface area (Å²) in [6.45, 7) is 5.32. The number of hydrogen-bond acceptors (Lipinski definition) is 5. The highest BCUT2D eigenvalue weighted by atomic mass is 32.2. The van der Waals surface area contributed by atoms with Gasteiger partial charge < -0.3 is 9.72 Å². The van der Waals surface area contributed by atoms with Crippen LogP contribution in [0.15, 0.2) is 52.2 Å². The van der Waals surface area contributed by atoms with Crippen LogP contribution >= 0.6 is 0 Å². The number of halogens is 1. The van der Waals surface area contributed by atoms with E-state index in [1.807, 2.05) is 13.8 Å². The fourth-order valence-electron chi connectivity index (χ4n) is 3.26. The van der Waals surface area contributed by atoms with Crippen molar-refractivity contribution in [2.45, 2.75) is 38.1 Å². The van der Waals surface area contributed by atoms with Gasteiger partial charge in [0.25, 0.3) is 5.56 Å². The summed E-state index contributed by atoms with van der Waals surface area (Å²) in [5.74, 6) is 0.198. The number of aryl methyl sites for hydroxylation is 3. The molecule has 3 rings (SSSR count). The van der Waals surface area contributed by atoms with E-state index >= 15 is 0 Å². The lowest BCUT2D eigenvalue weighted by Crippen LogP contribution is -2.31. The summed E-state index contributed by atoms with van der Waals surface area (Å²) in [5.41, 5.74) is 2.30. The summed E-state index contributed by atoms with van der Waals surface area (Å²) in [4.78, 5) is 18.7. The van der Waals surface area contributed by atoms with E-state index in [0.717, 1.165) is 11.1 Å². The fourth-order valence-corrected chi connectivity index (χ4v) is 4.72. The van der Waals surface area contributed by atoms with E-state index < -0.39 is 21.9 Å². The first-order valence-corrected chi connectivity index (χ1v) is 11.1. The van der Waals surface area contributed by atoms with Crippen LogP contribution in [-0.2, 0) is 16.4 Å². The van der Waals surface area contributed by atoms with E-state index in [0.29, 0.717) is 17.1 Å². The van der Waals surface area contributed by atoms with Crippen LogP contribution in [0.2, 0.25) is 0 Å². The molecule has 0 aliphatic carbocycles. The van der Waals surface area contributed by atoms with E-state index in [-0.39, 0.29) is 22.6 Å². The Morgan fingerprint density at radius 2 is 1.74 bits per heavy atom. The monoisotopic (exact) mass is 445 g/mol. The van der Waals surface area contributed by atoms with Crippen LogP contribution in [0.3, 0.4) is 0 Å². The van der Waals surface area contributed by atoms with Crippen molar-refractivity contribution in [2.75, 3.05) is 7.11 Å². The molecule has 1 aromatic heterocycles. The van der Waals surface area contributed by atoms with Gasteiger partial charge in [0.05, 0.1) is 13.2 Å². The van der Waals surface area contributed by atoms with Gasteiger partial charge in [0.2, 0.25) is 10.0 Å². The zero-order valence-electron chi connectivity index (χ0n) is 17.7. The molecule has 7 nitrogen and oxygen atoms in total. The first kappa shape index (κ1) is 22.6. The summed E-state index contributed by atoms with van der Waals surface area (Å²) in [7, 11) is -2.62. The second-order valence-corrected chi connectivity index (χ2v) is 9.02. The lowest BCUT2D eigenvalue weighted by molar-refractivity contribution is 0.401. The van der Waals surface area contributed by atoms with Crippen molar-refractivity contribution >= 4 is 10.0 Å². The molecule has 0 spiro atoms. The second kappa shape index (κ2) is 8.99. The van der Waals surface area contributed by atoms with Gasteiger partial charge in [0.15, 0.2) is 0 Å². The summed E-state index contributed by atoms with van der Waals surface area (Å²) in [6.07, 6.45) is 0.1000. The van der Waals surface area contributed by atoms with Crippen LogP contribution in [0.25, 0.3) is 0 Å². The molecule has 0 saturated carbocycles. The molecule has 0 saturated heterocycles. The minimum atomic E-state index is -4.02. The maximum absolute atomic E-state index is 13.5. The second-order valence-electron chi connectivity index (χ2n) is 7.34. The number of H-pyrrole nitrogens is 1. The van der Waals surface area contributed by atoms with E-state index in [9.17, 15) is 17.6 Å². The van der Waals surface area contributed by atoms with Gasteiger partial charge in [0.1, 0.15) is 22.3 Å². The SMILES string of the molecule is COc1cc(C)c(C)cc1S(=O)(=O)N[C@@H](Cc1cc(=O)[nH]c(C)n1)c1ccc(F)cc1. The van der Waals surface area contributed by atoms with E-state index in [1.54, 1.807) is 19.1 Å². The quantitative estimate of drug-likeness (QED) is 0.582. The Morgan fingerprint density at radius 1 is 1.10 bits per heavy atom. The molecule has 2 aromatic carbocycles. The number of hydrogen-bond donors (Lipinski definition) is 2. The topological polar surface area (TPSA) is 101 Å². The third-order valence-electron chi connectivity index (χ3n) is 4.97. The summed E-state index contributed by atoms with van der Waals surface area (Å²) >= 11 is 0. The number of sulfonamides is 1. The van der Waals surface area contributed by atoms with Crippen molar-refractivity contribution < 1.29 is 17.5 Å². The Kier molecular flexibility index (Phi) is 6.56. The molecule has 3 aromatic rings. The first-order valence-electron chi connectivity index (χ1n) is 9.59. The van der Waals surface area contributed by atoms with Crippen LogP contribution in [0.1, 0.15) is 34.3 Å². The number of methoxy groups -OCH3 is 1. The largest absolute Gasteiger partial charge is 0.495 e. The van der Waals surface area contributed by atoms with Crippen LogP contribution in [0.4, 0.5) is 4.39 Å². The zero-order valence-corrected chi connectivity index (χ0v) is 18.5. The predicted octanol–water partition coefficient (Wildman–Crippen LogP) is 3.11. The lowest BCUT2D eigenvalue weighted by atomic mass is 10.0. The van der Waals surface area contributed by atoms with Crippen molar-refractivity contribution in [3.63, 3.8) is 0 Å². The van der Waals surface area contributed by atoms with E-state index in [1.165, 1.54) is 37.4 Å². The number of rotatable bonds is 7. The van der Waals surface area contributed by atoms with Crippen LogP contribution in [0, 0.1) is 26.6 Å². The van der Waals surface area contributed by atoms with Gasteiger partial charge in [-0.15, -0.1) is 0 Å². The molecule has 1 heterocycles. The molecule has 0 aliphatic rings. The molecule has 2 N–H and O–H groups in total. The molecular formula is C22H24FN3O4S. The maximum atomic E-state index is 13.5. The molecule has 0 unspecified atom stereocenters. The molecule has 9 heteroatoms. The summed E-state index contributed by atoms with van der Waals surface area (Å²) in [5, 5.41) is 0. The molecule has 0 bridgehead atoms. The van der Waals surface area contributed by atoms with Crippen LogP contribution in [0.5, 0.6) is 5.75 Å². The maximum Gasteiger partial charge on any atom is 0.251 e. The molecule has 0 amide bonds. The van der Waals surface area contributed by atoms with Crippen LogP contribution in [-0.4, -0.2) is 25.5 Å². The number of aromatic amines is 1. The normalized spacial score (nSPS) is 12.5. The standard InChI is InChI=1S/C22H24FN3O4S/c1-13-9-20(30-4)21(10-14(13)2)31(28,29)26-19(16-5-7-17(23)8-6-16)11-18-12-22(27)25-15(3)24-18/h5-10,12,19,26H,11H2,1-4H3,(H,24,25,27)/t19-/m0/s1. The number of benzene rings is 2. The van der Waals surface area contributed by atoms with Crippen molar-refractivity contribution in [1.29, 1.82) is 0 Å². The van der Waals surface area contributed by atoms with Crippen molar-refractivity contribution in [3.8, 4) is 5.75 Å². The Balaban J connectivity index is 2.04. The number of nitrogens with zero attached hydrogens (tertiary/aromatic N) is 1. The molecule has 0 aliphatic heterocycles. The van der Waals surface area contributed by atoms with Gasteiger partial charge in [-0.2, -0.15) is 0 Å². The number of ether oxygens (including phenoxy) is 1. The Labute approximate surface area is 180 Å². The van der Waals surface area contributed by atoms with Crippen molar-refractivity contribution in [3.05, 3.63) is 86.8 Å². The molecule has 0 radical (unpaired) electrons. The van der Waals surface area contributed by atoms with Gasteiger partial charge in [-0.1, -0.05) is 12.1 Å². The highest BCUT2D eigenvalue weighted by Gasteiger charge is 2.26. The van der Waals surface area contributed by atoms with Crippen molar-refractivity contribution in [2.24, 2.45) is 0 Å². The lowest BCUT2D eigenvalue weighted by Gasteiger charge is -2.21. The van der Waals surface area contributed by atoms with E-state index in [4.69, 9.17) is 4.74 Å². The van der Waals surface area contributed by atoms with Gasteiger partial charge in [-0.25, -0.2) is 22.5 Å². The third-order valence-corrected chi connectivity index (χ3v) is 6.46. The van der Waals surface area contributed by atoms with Crippen molar-refractivity contribution in [1.82, 2.24) is 14.7 Å². The third kappa shape index (κ3) is 5.36. The summed E-state index contributed by atoms with van der Waals surface area (Å²) in [6, 6.07) is 9.25. The Morgan fingerprint density at radius 3 is 2.35 bits per heavy atom. The first-order chi connectivity index (χ1) is 14.6. The molecule has 31 heavy (non-hydrogen) atoms. The average molecular weight is 446 g/mol. The highest BCUT2D eigenvalue weighted by molar-refractivity contribution is 7.89. The number of nitrogens with one attached hydrogen (secondary N) is 2. The summed E-state index contributed by atoms with van der Waals surface area (Å²) < 4.78 is 48.0. The van der Waals surface area contributed by atoms with Gasteiger partial charge >= 0.3 is 0 Å². The fraction of sp³-hybridized carbons (Fsp3) is 0.273. The highest BCUT2D eigenvalue weighted by Crippen LogP contribution is 2.29. The number of aromatic nitrogens is 2. The average Bonchev–Trinajstić information content (AvgIpc) is 2.68. The molecular weight excluding hydrogens is 421 g/mol. The van der Waals surface area contributed by atoms with Gasteiger partial charge in [-0.05, 0) is 61.7 Å². The van der Waals surface area contributed by atoms with Gasteiger partial charge in [0, 0.05) is 18.2 Å². The minimum Gasteiger partial charge on any atom is -0.495 e. The predicted molar refractivity (Wildman–Crippen MR) is 115 cm³/mol. The smallest absolute Gasteiger partial charge is 0.251 e. The van der Waals surface area contributed by atoms with Gasteiger partial charge in [-0.3, -0.25) is 4.79 Å². The minimum absolute atomic E-state index is 0.000241. The molecule has 0 fully saturated rings. The zero-order chi connectivity index (χ0) is 22.8.